The third-order valence-corrected chi connectivity index (χ3v) is 5.21. The highest BCUT2D eigenvalue weighted by atomic mass is 16.2. The number of carbonyl (C=O) groups is 2. The van der Waals surface area contributed by atoms with Gasteiger partial charge < -0.3 is 10.6 Å². The number of benzene rings is 1. The number of hydrogen-bond acceptors (Lipinski definition) is 2. The van der Waals surface area contributed by atoms with E-state index in [1.165, 1.54) is 0 Å². The summed E-state index contributed by atoms with van der Waals surface area (Å²) >= 11 is 0. The first-order valence-electron chi connectivity index (χ1n) is 8.86. The van der Waals surface area contributed by atoms with Gasteiger partial charge in [-0.2, -0.15) is 0 Å². The maximum atomic E-state index is 12.2. The van der Waals surface area contributed by atoms with Gasteiger partial charge in [-0.3, -0.25) is 9.59 Å². The number of aryl methyl sites for hydroxylation is 2. The zero-order chi connectivity index (χ0) is 17.9. The molecule has 2 amide bonds. The minimum Gasteiger partial charge on any atom is -0.345 e. The Morgan fingerprint density at radius 2 is 1.50 bits per heavy atom. The van der Waals surface area contributed by atoms with Crippen molar-refractivity contribution >= 4 is 17.5 Å². The summed E-state index contributed by atoms with van der Waals surface area (Å²) in [6, 6.07) is 5.90. The van der Waals surface area contributed by atoms with Crippen molar-refractivity contribution in [1.82, 2.24) is 5.32 Å². The summed E-state index contributed by atoms with van der Waals surface area (Å²) in [6.07, 6.45) is 4.11. The number of para-hydroxylation sites is 1. The number of anilines is 1. The molecule has 0 heterocycles. The average molecular weight is 330 g/mol. The van der Waals surface area contributed by atoms with Crippen LogP contribution in [0.3, 0.4) is 0 Å². The second kappa shape index (κ2) is 7.37. The van der Waals surface area contributed by atoms with Gasteiger partial charge in [0, 0.05) is 11.7 Å². The van der Waals surface area contributed by atoms with Crippen LogP contribution in [0.2, 0.25) is 0 Å². The highest BCUT2D eigenvalue weighted by Crippen LogP contribution is 2.37. The number of rotatable bonds is 2. The smallest absolute Gasteiger partial charge is 0.313 e. The summed E-state index contributed by atoms with van der Waals surface area (Å²) in [7, 11) is 0. The topological polar surface area (TPSA) is 58.2 Å². The normalized spacial score (nSPS) is 21.2. The molecule has 0 aliphatic heterocycles. The van der Waals surface area contributed by atoms with E-state index in [0.29, 0.717) is 11.3 Å². The fraction of sp³-hybridized carbons (Fsp3) is 0.600. The highest BCUT2D eigenvalue weighted by Gasteiger charge is 2.31. The monoisotopic (exact) mass is 330 g/mol. The first kappa shape index (κ1) is 18.5. The molecule has 4 heteroatoms. The summed E-state index contributed by atoms with van der Waals surface area (Å²) in [4.78, 5) is 24.4. The predicted molar refractivity (Wildman–Crippen MR) is 97.9 cm³/mol. The molecular formula is C20H30N2O2. The van der Waals surface area contributed by atoms with E-state index in [2.05, 4.69) is 31.4 Å². The molecule has 1 saturated carbocycles. The lowest BCUT2D eigenvalue weighted by Crippen LogP contribution is -2.44. The van der Waals surface area contributed by atoms with Gasteiger partial charge in [-0.1, -0.05) is 39.0 Å². The molecule has 1 aliphatic rings. The lowest BCUT2D eigenvalue weighted by Gasteiger charge is -2.37. The van der Waals surface area contributed by atoms with Crippen molar-refractivity contribution in [3.8, 4) is 0 Å². The van der Waals surface area contributed by atoms with Gasteiger partial charge in [0.2, 0.25) is 0 Å². The van der Waals surface area contributed by atoms with Gasteiger partial charge in [0.25, 0.3) is 0 Å². The minimum atomic E-state index is -0.578. The van der Waals surface area contributed by atoms with Gasteiger partial charge in [-0.15, -0.1) is 0 Å². The number of amides is 2. The SMILES string of the molecule is Cc1cccc(C)c1NC(=O)C(=O)NC1CCC(C(C)(C)C)CC1. The minimum absolute atomic E-state index is 0.111. The quantitative estimate of drug-likeness (QED) is 0.806. The molecule has 0 bridgehead atoms. The molecule has 1 fully saturated rings. The van der Waals surface area contributed by atoms with Crippen LogP contribution < -0.4 is 10.6 Å². The summed E-state index contributed by atoms with van der Waals surface area (Å²) in [5.74, 6) is -0.420. The van der Waals surface area contributed by atoms with Crippen molar-refractivity contribution in [2.24, 2.45) is 11.3 Å². The van der Waals surface area contributed by atoms with Crippen molar-refractivity contribution in [2.45, 2.75) is 66.3 Å². The van der Waals surface area contributed by atoms with Crippen LogP contribution in [-0.2, 0) is 9.59 Å². The molecular weight excluding hydrogens is 300 g/mol. The lowest BCUT2D eigenvalue weighted by molar-refractivity contribution is -0.136. The third-order valence-electron chi connectivity index (χ3n) is 5.21. The maximum absolute atomic E-state index is 12.2. The Morgan fingerprint density at radius 3 is 2.00 bits per heavy atom. The van der Waals surface area contributed by atoms with Gasteiger partial charge in [0.1, 0.15) is 0 Å². The molecule has 2 rings (SSSR count). The van der Waals surface area contributed by atoms with E-state index in [9.17, 15) is 9.59 Å². The Hall–Kier alpha value is -1.84. The van der Waals surface area contributed by atoms with Crippen molar-refractivity contribution in [2.75, 3.05) is 5.32 Å². The standard InChI is InChI=1S/C20H30N2O2/c1-13-7-6-8-14(2)17(13)22-19(24)18(23)21-16-11-9-15(10-12-16)20(3,4)5/h6-8,15-16H,9-12H2,1-5H3,(H,21,23)(H,22,24). The van der Waals surface area contributed by atoms with Gasteiger partial charge in [-0.05, 0) is 62.0 Å². The van der Waals surface area contributed by atoms with Crippen LogP contribution in [0.1, 0.15) is 57.6 Å². The van der Waals surface area contributed by atoms with E-state index in [1.54, 1.807) is 0 Å². The number of hydrogen-bond donors (Lipinski definition) is 2. The van der Waals surface area contributed by atoms with Crippen LogP contribution >= 0.6 is 0 Å². The largest absolute Gasteiger partial charge is 0.345 e. The summed E-state index contributed by atoms with van der Waals surface area (Å²) < 4.78 is 0. The second-order valence-corrected chi connectivity index (χ2v) is 8.11. The number of nitrogens with one attached hydrogen (secondary N) is 2. The average Bonchev–Trinajstić information content (AvgIpc) is 2.50. The third kappa shape index (κ3) is 4.59. The van der Waals surface area contributed by atoms with Gasteiger partial charge in [0.15, 0.2) is 0 Å². The Bertz CT molecular complexity index is 588. The van der Waals surface area contributed by atoms with Crippen LogP contribution in [0.4, 0.5) is 5.69 Å². The first-order valence-corrected chi connectivity index (χ1v) is 8.86. The lowest BCUT2D eigenvalue weighted by atomic mass is 9.71. The highest BCUT2D eigenvalue weighted by molar-refractivity contribution is 6.39. The van der Waals surface area contributed by atoms with E-state index in [-0.39, 0.29) is 6.04 Å². The molecule has 0 spiro atoms. The fourth-order valence-corrected chi connectivity index (χ4v) is 3.54. The molecule has 0 saturated heterocycles. The van der Waals surface area contributed by atoms with Gasteiger partial charge in [0.05, 0.1) is 0 Å². The Balaban J connectivity index is 1.88. The molecule has 24 heavy (non-hydrogen) atoms. The molecule has 0 aromatic heterocycles. The van der Waals surface area contributed by atoms with Crippen molar-refractivity contribution < 1.29 is 9.59 Å². The van der Waals surface area contributed by atoms with Gasteiger partial charge >= 0.3 is 11.8 Å². The molecule has 2 N–H and O–H groups in total. The molecule has 0 radical (unpaired) electrons. The summed E-state index contributed by atoms with van der Waals surface area (Å²) in [5.41, 5.74) is 2.96. The number of carbonyl (C=O) groups excluding carboxylic acids is 2. The second-order valence-electron chi connectivity index (χ2n) is 8.11. The Morgan fingerprint density at radius 1 is 0.958 bits per heavy atom. The Labute approximate surface area is 145 Å². The Kier molecular flexibility index (Phi) is 5.68. The molecule has 4 nitrogen and oxygen atoms in total. The molecule has 0 atom stereocenters. The van der Waals surface area contributed by atoms with E-state index in [0.717, 1.165) is 42.5 Å². The van der Waals surface area contributed by atoms with E-state index >= 15 is 0 Å². The molecule has 1 aromatic rings. The van der Waals surface area contributed by atoms with Crippen molar-refractivity contribution in [3.05, 3.63) is 29.3 Å². The van der Waals surface area contributed by atoms with Crippen LogP contribution in [0, 0.1) is 25.2 Å². The molecule has 132 valence electrons. The first-order chi connectivity index (χ1) is 11.2. The summed E-state index contributed by atoms with van der Waals surface area (Å²) in [6.45, 7) is 10.7. The van der Waals surface area contributed by atoms with Crippen molar-refractivity contribution in [1.29, 1.82) is 0 Å². The van der Waals surface area contributed by atoms with Crippen LogP contribution in [-0.4, -0.2) is 17.9 Å². The van der Waals surface area contributed by atoms with Crippen LogP contribution in [0.5, 0.6) is 0 Å². The zero-order valence-corrected chi connectivity index (χ0v) is 15.5. The van der Waals surface area contributed by atoms with Crippen LogP contribution in [0.25, 0.3) is 0 Å². The van der Waals surface area contributed by atoms with E-state index in [4.69, 9.17) is 0 Å². The zero-order valence-electron chi connectivity index (χ0n) is 15.5. The van der Waals surface area contributed by atoms with Gasteiger partial charge in [-0.25, -0.2) is 0 Å². The molecule has 0 unspecified atom stereocenters. The molecule has 1 aromatic carbocycles. The molecule has 1 aliphatic carbocycles. The van der Waals surface area contributed by atoms with Crippen molar-refractivity contribution in [3.63, 3.8) is 0 Å². The predicted octanol–water partition coefficient (Wildman–Crippen LogP) is 3.96. The van der Waals surface area contributed by atoms with E-state index < -0.39 is 11.8 Å². The summed E-state index contributed by atoms with van der Waals surface area (Å²) in [5, 5.41) is 5.65. The van der Waals surface area contributed by atoms with E-state index in [1.807, 2.05) is 32.0 Å². The maximum Gasteiger partial charge on any atom is 0.313 e. The fourth-order valence-electron chi connectivity index (χ4n) is 3.54. The van der Waals surface area contributed by atoms with Crippen LogP contribution in [0.15, 0.2) is 18.2 Å².